The van der Waals surface area contributed by atoms with E-state index in [-0.39, 0.29) is 29.1 Å². The van der Waals surface area contributed by atoms with Gasteiger partial charge in [0, 0.05) is 18.7 Å². The van der Waals surface area contributed by atoms with Crippen LogP contribution in [0.25, 0.3) is 0 Å². The first-order valence-corrected chi connectivity index (χ1v) is 9.90. The summed E-state index contributed by atoms with van der Waals surface area (Å²) in [7, 11) is -3.06. The van der Waals surface area contributed by atoms with E-state index in [1.54, 1.807) is 23.3 Å². The van der Waals surface area contributed by atoms with E-state index in [1.807, 2.05) is 13.0 Å². The topological polar surface area (TPSA) is 105 Å². The molecule has 9 heteroatoms. The number of hydrogen-bond acceptors (Lipinski definition) is 7. The largest absolute Gasteiger partial charge is 0.467 e. The molecular formula is C16H20N4O4S. The molecule has 1 saturated heterocycles. The average molecular weight is 364 g/mol. The van der Waals surface area contributed by atoms with Crippen molar-refractivity contribution in [3.8, 4) is 0 Å². The summed E-state index contributed by atoms with van der Waals surface area (Å²) in [6.45, 7) is 2.70. The number of nitrogens with zero attached hydrogens (tertiary/aromatic N) is 3. The Labute approximate surface area is 146 Å². The molecule has 0 aromatic carbocycles. The molecule has 2 aromatic heterocycles. The van der Waals surface area contributed by atoms with Gasteiger partial charge in [-0.25, -0.2) is 18.4 Å². The summed E-state index contributed by atoms with van der Waals surface area (Å²) in [6, 6.07) is 4.90. The van der Waals surface area contributed by atoms with E-state index in [9.17, 15) is 13.2 Å². The van der Waals surface area contributed by atoms with Crippen LogP contribution in [0.2, 0.25) is 0 Å². The maximum atomic E-state index is 12.8. The summed E-state index contributed by atoms with van der Waals surface area (Å²) >= 11 is 0. The number of aromatic nitrogens is 2. The van der Waals surface area contributed by atoms with E-state index in [2.05, 4.69) is 15.3 Å². The van der Waals surface area contributed by atoms with Crippen molar-refractivity contribution in [1.82, 2.24) is 14.9 Å². The Balaban J connectivity index is 1.71. The smallest absolute Gasteiger partial charge is 0.272 e. The third-order valence-electron chi connectivity index (χ3n) is 4.16. The predicted octanol–water partition coefficient (Wildman–Crippen LogP) is 1.33. The second kappa shape index (κ2) is 7.22. The molecule has 0 radical (unpaired) electrons. The zero-order valence-electron chi connectivity index (χ0n) is 13.9. The second-order valence-electron chi connectivity index (χ2n) is 5.87. The van der Waals surface area contributed by atoms with Gasteiger partial charge >= 0.3 is 0 Å². The SMILES string of the molecule is CCN(C(=O)c1cc(NCc2ccco2)ncn1)C1CCS(=O)(=O)C1. The van der Waals surface area contributed by atoms with Crippen molar-refractivity contribution in [2.45, 2.75) is 25.9 Å². The monoisotopic (exact) mass is 364 g/mol. The Hall–Kier alpha value is -2.42. The van der Waals surface area contributed by atoms with Crippen molar-refractivity contribution >= 4 is 21.6 Å². The second-order valence-corrected chi connectivity index (χ2v) is 8.10. The van der Waals surface area contributed by atoms with Gasteiger partial charge < -0.3 is 14.6 Å². The number of furan rings is 1. The van der Waals surface area contributed by atoms with E-state index < -0.39 is 9.84 Å². The van der Waals surface area contributed by atoms with Crippen LogP contribution in [-0.2, 0) is 16.4 Å². The molecule has 2 aromatic rings. The minimum absolute atomic E-state index is 0.0151. The first-order valence-electron chi connectivity index (χ1n) is 8.08. The molecule has 0 saturated carbocycles. The molecule has 8 nitrogen and oxygen atoms in total. The lowest BCUT2D eigenvalue weighted by Gasteiger charge is -2.26. The molecule has 1 atom stereocenters. The molecule has 0 bridgehead atoms. The predicted molar refractivity (Wildman–Crippen MR) is 91.8 cm³/mol. The van der Waals surface area contributed by atoms with Gasteiger partial charge in [0.05, 0.1) is 24.3 Å². The quantitative estimate of drug-likeness (QED) is 0.824. The molecule has 1 amide bonds. The first kappa shape index (κ1) is 17.4. The summed E-state index contributed by atoms with van der Waals surface area (Å²) in [4.78, 5) is 22.5. The van der Waals surface area contributed by atoms with Crippen molar-refractivity contribution < 1.29 is 17.6 Å². The van der Waals surface area contributed by atoms with Crippen LogP contribution in [0.3, 0.4) is 0 Å². The summed E-state index contributed by atoms with van der Waals surface area (Å²) in [6.07, 6.45) is 3.37. The lowest BCUT2D eigenvalue weighted by molar-refractivity contribution is 0.0702. The number of hydrogen-bond donors (Lipinski definition) is 1. The van der Waals surface area contributed by atoms with Gasteiger partial charge in [0.1, 0.15) is 23.6 Å². The first-order chi connectivity index (χ1) is 12.0. The van der Waals surface area contributed by atoms with E-state index in [0.29, 0.717) is 25.3 Å². The molecule has 3 heterocycles. The summed E-state index contributed by atoms with van der Waals surface area (Å²) in [5, 5.41) is 3.07. The number of carbonyl (C=O) groups excluding carboxylic acids is 1. The maximum Gasteiger partial charge on any atom is 0.272 e. The van der Waals surface area contributed by atoms with Crippen LogP contribution in [0.15, 0.2) is 35.2 Å². The Kier molecular flexibility index (Phi) is 5.03. The third kappa shape index (κ3) is 4.16. The Morgan fingerprint density at radius 3 is 2.92 bits per heavy atom. The summed E-state index contributed by atoms with van der Waals surface area (Å²) < 4.78 is 28.6. The van der Waals surface area contributed by atoms with Gasteiger partial charge in [-0.3, -0.25) is 4.79 Å². The highest BCUT2D eigenvalue weighted by Crippen LogP contribution is 2.20. The van der Waals surface area contributed by atoms with Gasteiger partial charge in [-0.2, -0.15) is 0 Å². The molecule has 1 N–H and O–H groups in total. The molecule has 0 aliphatic carbocycles. The average Bonchev–Trinajstić information content (AvgIpc) is 3.23. The van der Waals surface area contributed by atoms with Gasteiger partial charge in [0.15, 0.2) is 9.84 Å². The van der Waals surface area contributed by atoms with Crippen molar-refractivity contribution in [2.75, 3.05) is 23.4 Å². The fraction of sp³-hybridized carbons (Fsp3) is 0.438. The molecule has 0 spiro atoms. The lowest BCUT2D eigenvalue weighted by atomic mass is 10.2. The molecule has 25 heavy (non-hydrogen) atoms. The summed E-state index contributed by atoms with van der Waals surface area (Å²) in [5.41, 5.74) is 0.239. The van der Waals surface area contributed by atoms with Gasteiger partial charge in [0.2, 0.25) is 0 Å². The standard InChI is InChI=1S/C16H20N4O4S/c1-2-20(12-5-7-25(22,23)10-12)16(21)14-8-15(19-11-18-14)17-9-13-4-3-6-24-13/h3-4,6,8,11-12H,2,5,7,9-10H2,1H3,(H,17,18,19). The zero-order valence-corrected chi connectivity index (χ0v) is 14.7. The normalized spacial score (nSPS) is 18.8. The van der Waals surface area contributed by atoms with Crippen LogP contribution < -0.4 is 5.32 Å². The molecule has 1 aliphatic rings. The molecule has 1 fully saturated rings. The highest BCUT2D eigenvalue weighted by atomic mass is 32.2. The molecule has 134 valence electrons. The fourth-order valence-electron chi connectivity index (χ4n) is 2.90. The minimum atomic E-state index is -3.06. The third-order valence-corrected chi connectivity index (χ3v) is 5.91. The Bertz CT molecular complexity index is 836. The van der Waals surface area contributed by atoms with E-state index in [4.69, 9.17) is 4.42 Å². The Morgan fingerprint density at radius 2 is 2.28 bits per heavy atom. The molecule has 1 aliphatic heterocycles. The number of amides is 1. The highest BCUT2D eigenvalue weighted by molar-refractivity contribution is 7.91. The van der Waals surface area contributed by atoms with Gasteiger partial charge in [-0.1, -0.05) is 0 Å². The van der Waals surface area contributed by atoms with Crippen LogP contribution in [-0.4, -0.2) is 53.3 Å². The van der Waals surface area contributed by atoms with Crippen LogP contribution in [0, 0.1) is 0 Å². The van der Waals surface area contributed by atoms with E-state index >= 15 is 0 Å². The van der Waals surface area contributed by atoms with Crippen LogP contribution in [0.4, 0.5) is 5.82 Å². The van der Waals surface area contributed by atoms with Crippen molar-refractivity contribution in [1.29, 1.82) is 0 Å². The van der Waals surface area contributed by atoms with Gasteiger partial charge in [-0.05, 0) is 25.5 Å². The minimum Gasteiger partial charge on any atom is -0.467 e. The Morgan fingerprint density at radius 1 is 1.44 bits per heavy atom. The fourth-order valence-corrected chi connectivity index (χ4v) is 4.63. The molecular weight excluding hydrogens is 344 g/mol. The summed E-state index contributed by atoms with van der Waals surface area (Å²) in [5.74, 6) is 1.11. The van der Waals surface area contributed by atoms with Gasteiger partial charge in [0.25, 0.3) is 5.91 Å². The molecule has 3 rings (SSSR count). The highest BCUT2D eigenvalue weighted by Gasteiger charge is 2.34. The number of nitrogens with one attached hydrogen (secondary N) is 1. The maximum absolute atomic E-state index is 12.8. The van der Waals surface area contributed by atoms with Crippen molar-refractivity contribution in [3.63, 3.8) is 0 Å². The van der Waals surface area contributed by atoms with Crippen molar-refractivity contribution in [3.05, 3.63) is 42.2 Å². The van der Waals surface area contributed by atoms with E-state index in [0.717, 1.165) is 5.76 Å². The van der Waals surface area contributed by atoms with Crippen LogP contribution >= 0.6 is 0 Å². The number of carbonyl (C=O) groups is 1. The van der Waals surface area contributed by atoms with Crippen molar-refractivity contribution in [2.24, 2.45) is 0 Å². The number of anilines is 1. The zero-order chi connectivity index (χ0) is 17.9. The van der Waals surface area contributed by atoms with Crippen LogP contribution in [0.1, 0.15) is 29.6 Å². The van der Waals surface area contributed by atoms with Gasteiger partial charge in [-0.15, -0.1) is 0 Å². The number of rotatable bonds is 6. The van der Waals surface area contributed by atoms with E-state index in [1.165, 1.54) is 6.33 Å². The van der Waals surface area contributed by atoms with Crippen LogP contribution in [0.5, 0.6) is 0 Å². The molecule has 1 unspecified atom stereocenters. The lowest BCUT2D eigenvalue weighted by Crippen LogP contribution is -2.41. The number of sulfone groups is 1.